The Labute approximate surface area is 130 Å². The second kappa shape index (κ2) is 7.29. The fraction of sp³-hybridized carbons (Fsp3) is 0.312. The van der Waals surface area contributed by atoms with E-state index >= 15 is 0 Å². The van der Waals surface area contributed by atoms with E-state index in [4.69, 9.17) is 21.1 Å². The van der Waals surface area contributed by atoms with Crippen molar-refractivity contribution in [2.45, 2.75) is 26.4 Å². The molecule has 1 aromatic carbocycles. The lowest BCUT2D eigenvalue weighted by Crippen LogP contribution is -2.22. The van der Waals surface area contributed by atoms with Crippen molar-refractivity contribution < 1.29 is 9.47 Å². The number of halogens is 1. The molecule has 112 valence electrons. The molecule has 2 rings (SSSR count). The number of benzene rings is 1. The van der Waals surface area contributed by atoms with Crippen LogP contribution in [-0.2, 0) is 6.54 Å². The van der Waals surface area contributed by atoms with E-state index < -0.39 is 0 Å². The Kier molecular flexibility index (Phi) is 5.42. The second-order valence-corrected chi connectivity index (χ2v) is 5.31. The summed E-state index contributed by atoms with van der Waals surface area (Å²) in [4.78, 5) is 4.20. The van der Waals surface area contributed by atoms with Crippen molar-refractivity contribution in [3.8, 4) is 17.4 Å². The van der Waals surface area contributed by atoms with Gasteiger partial charge in [0.25, 0.3) is 0 Å². The SMILES string of the molecule is COc1ccccc1Oc1cc(CNC(C)C)c(Cl)cn1. The Morgan fingerprint density at radius 1 is 1.24 bits per heavy atom. The lowest BCUT2D eigenvalue weighted by Gasteiger charge is -2.12. The van der Waals surface area contributed by atoms with E-state index in [-0.39, 0.29) is 0 Å². The van der Waals surface area contributed by atoms with E-state index in [1.54, 1.807) is 13.3 Å². The van der Waals surface area contributed by atoms with Crippen LogP contribution >= 0.6 is 11.6 Å². The number of nitrogens with zero attached hydrogens (tertiary/aromatic N) is 1. The number of nitrogens with one attached hydrogen (secondary N) is 1. The smallest absolute Gasteiger partial charge is 0.219 e. The van der Waals surface area contributed by atoms with Gasteiger partial charge in [-0.05, 0) is 17.7 Å². The third-order valence-electron chi connectivity index (χ3n) is 2.89. The Morgan fingerprint density at radius 2 is 1.95 bits per heavy atom. The first-order valence-electron chi connectivity index (χ1n) is 6.79. The fourth-order valence-electron chi connectivity index (χ4n) is 1.78. The zero-order valence-corrected chi connectivity index (χ0v) is 13.1. The minimum atomic E-state index is 0.382. The molecule has 0 aliphatic heterocycles. The summed E-state index contributed by atoms with van der Waals surface area (Å²) in [5, 5.41) is 3.94. The number of rotatable bonds is 6. The molecule has 1 aromatic heterocycles. The molecule has 4 nitrogen and oxygen atoms in total. The summed E-state index contributed by atoms with van der Waals surface area (Å²) in [6, 6.07) is 9.67. The van der Waals surface area contributed by atoms with Crippen molar-refractivity contribution in [2.24, 2.45) is 0 Å². The molecule has 0 saturated carbocycles. The maximum absolute atomic E-state index is 6.16. The summed E-state index contributed by atoms with van der Waals surface area (Å²) in [7, 11) is 1.61. The molecule has 0 fully saturated rings. The quantitative estimate of drug-likeness (QED) is 0.875. The minimum absolute atomic E-state index is 0.382. The summed E-state index contributed by atoms with van der Waals surface area (Å²) >= 11 is 6.16. The van der Waals surface area contributed by atoms with Gasteiger partial charge in [-0.3, -0.25) is 0 Å². The van der Waals surface area contributed by atoms with Gasteiger partial charge in [0, 0.05) is 24.8 Å². The normalized spacial score (nSPS) is 10.7. The molecular formula is C16H19ClN2O2. The van der Waals surface area contributed by atoms with Gasteiger partial charge in [0.2, 0.25) is 5.88 Å². The minimum Gasteiger partial charge on any atom is -0.493 e. The first kappa shape index (κ1) is 15.6. The predicted molar refractivity (Wildman–Crippen MR) is 84.3 cm³/mol. The molecule has 0 spiro atoms. The molecule has 0 atom stereocenters. The lowest BCUT2D eigenvalue weighted by molar-refractivity contribution is 0.374. The highest BCUT2D eigenvalue weighted by molar-refractivity contribution is 6.31. The van der Waals surface area contributed by atoms with Crippen LogP contribution in [0, 0.1) is 0 Å². The molecule has 0 bridgehead atoms. The maximum Gasteiger partial charge on any atom is 0.219 e. The highest BCUT2D eigenvalue weighted by Gasteiger charge is 2.08. The number of pyridine rings is 1. The molecule has 0 saturated heterocycles. The fourth-order valence-corrected chi connectivity index (χ4v) is 1.95. The third kappa shape index (κ3) is 4.34. The van der Waals surface area contributed by atoms with Crippen molar-refractivity contribution in [2.75, 3.05) is 7.11 Å². The summed E-state index contributed by atoms with van der Waals surface area (Å²) in [6.07, 6.45) is 1.60. The molecule has 0 amide bonds. The monoisotopic (exact) mass is 306 g/mol. The van der Waals surface area contributed by atoms with Crippen LogP contribution in [0.1, 0.15) is 19.4 Å². The van der Waals surface area contributed by atoms with Gasteiger partial charge in [-0.15, -0.1) is 0 Å². The van der Waals surface area contributed by atoms with Gasteiger partial charge in [-0.2, -0.15) is 0 Å². The standard InChI is InChI=1S/C16H19ClN2O2/c1-11(2)18-9-12-8-16(19-10-13(12)17)21-15-7-5-4-6-14(15)20-3/h4-8,10-11,18H,9H2,1-3H3. The van der Waals surface area contributed by atoms with Crippen LogP contribution in [0.5, 0.6) is 17.4 Å². The van der Waals surface area contributed by atoms with E-state index in [0.717, 1.165) is 5.56 Å². The van der Waals surface area contributed by atoms with Gasteiger partial charge in [0.1, 0.15) is 0 Å². The highest BCUT2D eigenvalue weighted by atomic mass is 35.5. The van der Waals surface area contributed by atoms with Gasteiger partial charge < -0.3 is 14.8 Å². The van der Waals surface area contributed by atoms with E-state index in [2.05, 4.69) is 24.1 Å². The lowest BCUT2D eigenvalue weighted by atomic mass is 10.2. The summed E-state index contributed by atoms with van der Waals surface area (Å²) in [6.45, 7) is 4.84. The van der Waals surface area contributed by atoms with E-state index in [0.29, 0.717) is 35.0 Å². The van der Waals surface area contributed by atoms with Crippen LogP contribution in [0.25, 0.3) is 0 Å². The topological polar surface area (TPSA) is 43.4 Å². The van der Waals surface area contributed by atoms with Gasteiger partial charge in [-0.1, -0.05) is 37.6 Å². The Morgan fingerprint density at radius 3 is 2.62 bits per heavy atom. The Hall–Kier alpha value is -1.78. The van der Waals surface area contributed by atoms with Crippen molar-refractivity contribution >= 4 is 11.6 Å². The zero-order chi connectivity index (χ0) is 15.2. The first-order chi connectivity index (χ1) is 10.1. The highest BCUT2D eigenvalue weighted by Crippen LogP contribution is 2.31. The number of hydrogen-bond acceptors (Lipinski definition) is 4. The number of ether oxygens (including phenoxy) is 2. The average Bonchev–Trinajstić information content (AvgIpc) is 2.48. The molecule has 1 heterocycles. The Bertz CT molecular complexity index is 603. The molecule has 0 aliphatic carbocycles. The van der Waals surface area contributed by atoms with Crippen molar-refractivity contribution in [1.82, 2.24) is 10.3 Å². The van der Waals surface area contributed by atoms with Gasteiger partial charge >= 0.3 is 0 Å². The molecule has 21 heavy (non-hydrogen) atoms. The van der Waals surface area contributed by atoms with Crippen LogP contribution in [0.2, 0.25) is 5.02 Å². The Balaban J connectivity index is 2.18. The molecule has 1 N–H and O–H groups in total. The zero-order valence-electron chi connectivity index (χ0n) is 12.4. The summed E-state index contributed by atoms with van der Waals surface area (Å²) in [5.74, 6) is 1.78. The molecule has 0 aliphatic rings. The van der Waals surface area contributed by atoms with Gasteiger partial charge in [0.15, 0.2) is 11.5 Å². The molecular weight excluding hydrogens is 288 g/mol. The second-order valence-electron chi connectivity index (χ2n) is 4.90. The molecule has 0 radical (unpaired) electrons. The van der Waals surface area contributed by atoms with Crippen LogP contribution in [0.4, 0.5) is 0 Å². The van der Waals surface area contributed by atoms with Crippen molar-refractivity contribution in [1.29, 1.82) is 0 Å². The first-order valence-corrected chi connectivity index (χ1v) is 7.16. The van der Waals surface area contributed by atoms with Crippen LogP contribution in [0.3, 0.4) is 0 Å². The molecule has 5 heteroatoms. The van der Waals surface area contributed by atoms with E-state index in [1.807, 2.05) is 30.3 Å². The van der Waals surface area contributed by atoms with E-state index in [9.17, 15) is 0 Å². The summed E-state index contributed by atoms with van der Waals surface area (Å²) < 4.78 is 11.0. The number of para-hydroxylation sites is 2. The van der Waals surface area contributed by atoms with E-state index in [1.165, 1.54) is 0 Å². The number of aromatic nitrogens is 1. The predicted octanol–water partition coefficient (Wildman–Crippen LogP) is 4.03. The van der Waals surface area contributed by atoms with Crippen LogP contribution < -0.4 is 14.8 Å². The largest absolute Gasteiger partial charge is 0.493 e. The average molecular weight is 307 g/mol. The number of hydrogen-bond donors (Lipinski definition) is 1. The third-order valence-corrected chi connectivity index (χ3v) is 3.23. The molecule has 0 unspecified atom stereocenters. The van der Waals surface area contributed by atoms with Crippen molar-refractivity contribution in [3.63, 3.8) is 0 Å². The van der Waals surface area contributed by atoms with Gasteiger partial charge in [-0.25, -0.2) is 4.98 Å². The van der Waals surface area contributed by atoms with Crippen molar-refractivity contribution in [3.05, 3.63) is 47.1 Å². The number of methoxy groups -OCH3 is 1. The molecule has 2 aromatic rings. The summed E-state index contributed by atoms with van der Waals surface area (Å²) in [5.41, 5.74) is 0.949. The maximum atomic E-state index is 6.16. The van der Waals surface area contributed by atoms with Crippen LogP contribution in [-0.4, -0.2) is 18.1 Å². The van der Waals surface area contributed by atoms with Crippen LogP contribution in [0.15, 0.2) is 36.5 Å². The van der Waals surface area contributed by atoms with Gasteiger partial charge in [0.05, 0.1) is 12.1 Å².